The summed E-state index contributed by atoms with van der Waals surface area (Å²) in [6.07, 6.45) is 0. The molecule has 2 aromatic rings. The van der Waals surface area contributed by atoms with Crippen molar-refractivity contribution in [3.63, 3.8) is 0 Å². The van der Waals surface area contributed by atoms with Gasteiger partial charge in [-0.05, 0) is 29.8 Å². The van der Waals surface area contributed by atoms with Gasteiger partial charge < -0.3 is 10.1 Å². The van der Waals surface area contributed by atoms with Crippen LogP contribution < -0.4 is 5.32 Å². The molecule has 1 N–H and O–H groups in total. The summed E-state index contributed by atoms with van der Waals surface area (Å²) < 4.78 is 4.90. The molecular formula is C19H16N2O5. The number of carbonyl (C=O) groups excluding carboxylic acids is 4. The van der Waals surface area contributed by atoms with E-state index < -0.39 is 11.9 Å². The Balaban J connectivity index is 1.74. The third-order valence-electron chi connectivity index (χ3n) is 3.99. The summed E-state index contributed by atoms with van der Waals surface area (Å²) in [7, 11) is 1.44. The molecule has 0 fully saturated rings. The normalized spacial score (nSPS) is 12.7. The highest BCUT2D eigenvalue weighted by molar-refractivity contribution is 6.21. The number of likely N-dealkylation sites (N-methyl/N-ethyl adjacent to an activating group) is 1. The van der Waals surface area contributed by atoms with E-state index in [0.29, 0.717) is 16.7 Å². The third-order valence-corrected chi connectivity index (χ3v) is 3.99. The summed E-state index contributed by atoms with van der Waals surface area (Å²) in [5, 5.41) is 2.35. The van der Waals surface area contributed by atoms with Crippen LogP contribution in [0.4, 0.5) is 0 Å². The maximum absolute atomic E-state index is 12.4. The monoisotopic (exact) mass is 352 g/mol. The van der Waals surface area contributed by atoms with Crippen LogP contribution in [0.15, 0.2) is 48.5 Å². The van der Waals surface area contributed by atoms with Crippen LogP contribution in [0.5, 0.6) is 0 Å². The number of esters is 1. The topological polar surface area (TPSA) is 92.8 Å². The number of benzene rings is 2. The first kappa shape index (κ1) is 17.3. The van der Waals surface area contributed by atoms with Crippen LogP contribution in [-0.2, 0) is 16.1 Å². The molecule has 0 unspecified atom stereocenters. The van der Waals surface area contributed by atoms with Gasteiger partial charge in [0.05, 0.1) is 23.2 Å². The van der Waals surface area contributed by atoms with Crippen LogP contribution in [0, 0.1) is 0 Å². The van der Waals surface area contributed by atoms with Crippen LogP contribution in [0.1, 0.15) is 36.6 Å². The molecule has 0 aliphatic carbocycles. The fourth-order valence-electron chi connectivity index (χ4n) is 2.65. The lowest BCUT2D eigenvalue weighted by atomic mass is 10.1. The van der Waals surface area contributed by atoms with Gasteiger partial charge in [-0.15, -0.1) is 0 Å². The van der Waals surface area contributed by atoms with Gasteiger partial charge in [-0.3, -0.25) is 19.3 Å². The lowest BCUT2D eigenvalue weighted by Gasteiger charge is -2.14. The summed E-state index contributed by atoms with van der Waals surface area (Å²) in [6, 6.07) is 13.0. The Morgan fingerprint density at radius 3 is 2.27 bits per heavy atom. The summed E-state index contributed by atoms with van der Waals surface area (Å²) in [5.41, 5.74) is 1.59. The maximum Gasteiger partial charge on any atom is 0.338 e. The first-order chi connectivity index (χ1) is 12.5. The molecule has 0 spiro atoms. The summed E-state index contributed by atoms with van der Waals surface area (Å²) in [5.74, 6) is -1.80. The Labute approximate surface area is 149 Å². The smallest absolute Gasteiger partial charge is 0.338 e. The van der Waals surface area contributed by atoms with Gasteiger partial charge in [0.2, 0.25) is 0 Å². The molecule has 7 heteroatoms. The first-order valence-corrected chi connectivity index (χ1v) is 7.93. The molecule has 0 saturated carbocycles. The van der Waals surface area contributed by atoms with Crippen molar-refractivity contribution in [3.8, 4) is 0 Å². The zero-order valence-corrected chi connectivity index (χ0v) is 14.0. The van der Waals surface area contributed by atoms with E-state index in [2.05, 4.69) is 5.32 Å². The number of hydrogen-bond donors (Lipinski definition) is 1. The average molecular weight is 352 g/mol. The van der Waals surface area contributed by atoms with Crippen molar-refractivity contribution in [1.82, 2.24) is 10.2 Å². The van der Waals surface area contributed by atoms with Crippen LogP contribution in [0.25, 0.3) is 0 Å². The molecule has 1 aliphatic rings. The number of fused-ring (bicyclic) bond motifs is 1. The fraction of sp³-hybridized carbons (Fsp3) is 0.158. The molecule has 0 bridgehead atoms. The molecule has 1 heterocycles. The van der Waals surface area contributed by atoms with Gasteiger partial charge in [-0.2, -0.15) is 0 Å². The second-order valence-electron chi connectivity index (χ2n) is 5.69. The minimum Gasteiger partial charge on any atom is -0.452 e. The Bertz CT molecular complexity index is 871. The summed E-state index contributed by atoms with van der Waals surface area (Å²) >= 11 is 0. The first-order valence-electron chi connectivity index (χ1n) is 7.93. The zero-order chi connectivity index (χ0) is 18.7. The van der Waals surface area contributed by atoms with Gasteiger partial charge in [0.15, 0.2) is 6.61 Å². The third kappa shape index (κ3) is 3.32. The van der Waals surface area contributed by atoms with Crippen molar-refractivity contribution in [1.29, 1.82) is 0 Å². The molecule has 3 amide bonds. The van der Waals surface area contributed by atoms with Gasteiger partial charge in [0, 0.05) is 7.05 Å². The van der Waals surface area contributed by atoms with Crippen LogP contribution in [0.2, 0.25) is 0 Å². The maximum atomic E-state index is 12.4. The number of amides is 3. The van der Waals surface area contributed by atoms with Crippen molar-refractivity contribution in [3.05, 3.63) is 70.8 Å². The van der Waals surface area contributed by atoms with E-state index >= 15 is 0 Å². The van der Waals surface area contributed by atoms with E-state index in [9.17, 15) is 19.2 Å². The molecular weight excluding hydrogens is 336 g/mol. The van der Waals surface area contributed by atoms with Crippen molar-refractivity contribution in [2.24, 2.45) is 0 Å². The quantitative estimate of drug-likeness (QED) is 0.648. The van der Waals surface area contributed by atoms with Gasteiger partial charge in [-0.1, -0.05) is 24.3 Å². The van der Waals surface area contributed by atoms with E-state index in [0.717, 1.165) is 4.90 Å². The number of nitrogens with one attached hydrogen (secondary N) is 1. The van der Waals surface area contributed by atoms with Crippen molar-refractivity contribution >= 4 is 23.7 Å². The van der Waals surface area contributed by atoms with Gasteiger partial charge in [0.25, 0.3) is 17.7 Å². The molecule has 0 atom stereocenters. The van der Waals surface area contributed by atoms with Crippen LogP contribution >= 0.6 is 0 Å². The minimum absolute atomic E-state index is 0.0446. The molecule has 1 aliphatic heterocycles. The Hall–Kier alpha value is -3.48. The second-order valence-corrected chi connectivity index (χ2v) is 5.69. The molecule has 0 aromatic heterocycles. The van der Waals surface area contributed by atoms with Crippen molar-refractivity contribution < 1.29 is 23.9 Å². The predicted molar refractivity (Wildman–Crippen MR) is 91.4 cm³/mol. The largest absolute Gasteiger partial charge is 0.452 e. The number of imide groups is 1. The second kappa shape index (κ2) is 7.18. The minimum atomic E-state index is -0.655. The molecule has 132 valence electrons. The molecule has 26 heavy (non-hydrogen) atoms. The predicted octanol–water partition coefficient (Wildman–Crippen LogP) is 1.39. The lowest BCUT2D eigenvalue weighted by molar-refractivity contribution is -0.123. The highest BCUT2D eigenvalue weighted by Gasteiger charge is 2.34. The molecule has 0 saturated heterocycles. The van der Waals surface area contributed by atoms with E-state index in [4.69, 9.17) is 4.74 Å². The SMILES string of the molecule is CNC(=O)COC(=O)c1cccc(CN2C(=O)c3ccccc3C2=O)c1. The number of carbonyl (C=O) groups is 4. The van der Waals surface area contributed by atoms with Gasteiger partial charge in [-0.25, -0.2) is 4.79 Å². The summed E-state index contributed by atoms with van der Waals surface area (Å²) in [4.78, 5) is 49.1. The molecule has 7 nitrogen and oxygen atoms in total. The Morgan fingerprint density at radius 1 is 1.00 bits per heavy atom. The van der Waals surface area contributed by atoms with Crippen molar-refractivity contribution in [2.75, 3.05) is 13.7 Å². The van der Waals surface area contributed by atoms with Gasteiger partial charge in [0.1, 0.15) is 0 Å². The highest BCUT2D eigenvalue weighted by atomic mass is 16.5. The molecule has 2 aromatic carbocycles. The standard InChI is InChI=1S/C19H16N2O5/c1-20-16(22)11-26-19(25)13-6-4-5-12(9-13)10-21-17(23)14-7-2-3-8-15(14)18(21)24/h2-9H,10-11H2,1H3,(H,20,22). The fourth-order valence-corrected chi connectivity index (χ4v) is 2.65. The average Bonchev–Trinajstić information content (AvgIpc) is 2.91. The van der Waals surface area contributed by atoms with Crippen LogP contribution in [-0.4, -0.2) is 42.2 Å². The highest BCUT2D eigenvalue weighted by Crippen LogP contribution is 2.24. The number of ether oxygens (including phenoxy) is 1. The molecule has 3 rings (SSSR count). The van der Waals surface area contributed by atoms with Gasteiger partial charge >= 0.3 is 5.97 Å². The Morgan fingerprint density at radius 2 is 1.65 bits per heavy atom. The number of rotatable bonds is 5. The van der Waals surface area contributed by atoms with E-state index in [1.165, 1.54) is 19.2 Å². The summed E-state index contributed by atoms with van der Waals surface area (Å²) in [6.45, 7) is -0.332. The van der Waals surface area contributed by atoms with E-state index in [1.54, 1.807) is 36.4 Å². The number of nitrogens with zero attached hydrogens (tertiary/aromatic N) is 1. The lowest BCUT2D eigenvalue weighted by Crippen LogP contribution is -2.29. The van der Waals surface area contributed by atoms with Crippen molar-refractivity contribution in [2.45, 2.75) is 6.54 Å². The van der Waals surface area contributed by atoms with E-state index in [1.807, 2.05) is 0 Å². The molecule has 0 radical (unpaired) electrons. The van der Waals surface area contributed by atoms with E-state index in [-0.39, 0.29) is 30.5 Å². The Kier molecular flexibility index (Phi) is 4.79. The zero-order valence-electron chi connectivity index (χ0n) is 14.0. The van der Waals surface area contributed by atoms with Crippen LogP contribution in [0.3, 0.4) is 0 Å². The number of hydrogen-bond acceptors (Lipinski definition) is 5.